The molecular weight excluding hydrogens is 455 g/mol. The van der Waals surface area contributed by atoms with Crippen molar-refractivity contribution in [1.29, 1.82) is 0 Å². The first-order valence-corrected chi connectivity index (χ1v) is 12.0. The topological polar surface area (TPSA) is 66.0 Å². The van der Waals surface area contributed by atoms with Crippen LogP contribution in [-0.4, -0.2) is 30.0 Å². The second-order valence-corrected chi connectivity index (χ2v) is 9.34. The molecule has 1 fully saturated rings. The van der Waals surface area contributed by atoms with E-state index in [9.17, 15) is 4.79 Å². The van der Waals surface area contributed by atoms with E-state index < -0.39 is 0 Å². The highest BCUT2D eigenvalue weighted by Crippen LogP contribution is 2.33. The van der Waals surface area contributed by atoms with Crippen LogP contribution in [0.15, 0.2) is 66.9 Å². The van der Waals surface area contributed by atoms with Crippen molar-refractivity contribution in [1.82, 2.24) is 10.3 Å². The molecule has 1 amide bonds. The summed E-state index contributed by atoms with van der Waals surface area (Å²) in [6.45, 7) is 4.22. The van der Waals surface area contributed by atoms with Gasteiger partial charge in [0.2, 0.25) is 0 Å². The van der Waals surface area contributed by atoms with Crippen LogP contribution in [0.5, 0.6) is 0 Å². The molecule has 0 bridgehead atoms. The monoisotopic (exact) mass is 482 g/mol. The third-order valence-electron chi connectivity index (χ3n) is 6.27. The second kappa shape index (κ2) is 11.0. The molecule has 0 saturated carbocycles. The Morgan fingerprint density at radius 3 is 2.55 bits per heavy atom. The van der Waals surface area contributed by atoms with Gasteiger partial charge in [0.05, 0.1) is 10.6 Å². The van der Waals surface area contributed by atoms with Gasteiger partial charge in [-0.2, -0.15) is 0 Å². The number of nitrogens with zero attached hydrogens (tertiary/aromatic N) is 1. The molecule has 4 rings (SSSR count). The number of benzene rings is 2. The third kappa shape index (κ3) is 6.05. The first-order valence-electron chi connectivity index (χ1n) is 11.3. The lowest BCUT2D eigenvalue weighted by atomic mass is 9.80. The molecule has 0 aliphatic carbocycles. The number of hydrogen-bond donors (Lipinski definition) is 3. The van der Waals surface area contributed by atoms with E-state index in [1.807, 2.05) is 42.5 Å². The highest BCUT2D eigenvalue weighted by molar-refractivity contribution is 6.30. The molecule has 2 aromatic carbocycles. The number of aromatic nitrogens is 1. The predicted molar refractivity (Wildman–Crippen MR) is 137 cm³/mol. The number of nitrogens with one attached hydrogen (secondary N) is 3. The van der Waals surface area contributed by atoms with Crippen LogP contribution in [-0.2, 0) is 0 Å². The normalized spacial score (nSPS) is 16.1. The van der Waals surface area contributed by atoms with Gasteiger partial charge >= 0.3 is 0 Å². The molecule has 3 aromatic rings. The molecule has 0 radical (unpaired) electrons. The number of carbonyl (C=O) groups excluding carboxylic acids is 1. The van der Waals surface area contributed by atoms with Crippen LogP contribution < -0.4 is 16.0 Å². The van der Waals surface area contributed by atoms with Gasteiger partial charge in [-0.3, -0.25) is 4.79 Å². The molecule has 2 atom stereocenters. The van der Waals surface area contributed by atoms with Crippen molar-refractivity contribution in [2.24, 2.45) is 5.92 Å². The number of piperidine rings is 1. The van der Waals surface area contributed by atoms with E-state index in [2.05, 4.69) is 33.9 Å². The van der Waals surface area contributed by atoms with E-state index in [-0.39, 0.29) is 17.9 Å². The van der Waals surface area contributed by atoms with Crippen molar-refractivity contribution >= 4 is 40.6 Å². The molecular formula is C26H28Cl2N4O. The van der Waals surface area contributed by atoms with Crippen molar-refractivity contribution in [2.45, 2.75) is 31.7 Å². The Hall–Kier alpha value is -2.60. The first kappa shape index (κ1) is 23.6. The van der Waals surface area contributed by atoms with Gasteiger partial charge in [0.15, 0.2) is 0 Å². The minimum absolute atomic E-state index is 0.146. The number of halogens is 2. The fraction of sp³-hybridized carbons (Fsp3) is 0.308. The molecule has 1 aliphatic rings. The average Bonchev–Trinajstić information content (AvgIpc) is 2.84. The number of pyridine rings is 1. The number of amides is 1. The third-order valence-corrected chi connectivity index (χ3v) is 6.73. The summed E-state index contributed by atoms with van der Waals surface area (Å²) in [4.78, 5) is 17.3. The van der Waals surface area contributed by atoms with Gasteiger partial charge in [-0.25, -0.2) is 4.98 Å². The number of hydrogen-bond acceptors (Lipinski definition) is 4. The van der Waals surface area contributed by atoms with E-state index in [0.29, 0.717) is 22.3 Å². The number of anilines is 2. The van der Waals surface area contributed by atoms with Gasteiger partial charge in [-0.15, -0.1) is 0 Å². The van der Waals surface area contributed by atoms with E-state index in [0.717, 1.165) is 36.6 Å². The minimum atomic E-state index is -0.215. The van der Waals surface area contributed by atoms with Gasteiger partial charge < -0.3 is 16.0 Å². The molecule has 3 N–H and O–H groups in total. The van der Waals surface area contributed by atoms with Crippen LogP contribution in [0, 0.1) is 5.92 Å². The standard InChI is InChI=1S/C26H28Cl2N4O/c1-17(19-5-4-6-20(27)15-19)25(18-11-13-29-14-12-18)31-23-8-3-2-7-22(23)26(33)32-24-10-9-21(28)16-30-24/h2-10,15-18,25,29,31H,11-14H2,1H3,(H,30,32,33). The van der Waals surface area contributed by atoms with Gasteiger partial charge in [0.25, 0.3) is 5.91 Å². The quantitative estimate of drug-likeness (QED) is 0.373. The Balaban J connectivity index is 1.60. The van der Waals surface area contributed by atoms with Gasteiger partial charge in [-0.05, 0) is 73.8 Å². The maximum atomic E-state index is 13.1. The maximum absolute atomic E-state index is 13.1. The first-order chi connectivity index (χ1) is 16.0. The minimum Gasteiger partial charge on any atom is -0.381 e. The van der Waals surface area contributed by atoms with E-state index in [4.69, 9.17) is 23.2 Å². The van der Waals surface area contributed by atoms with Gasteiger partial charge in [-0.1, -0.05) is 54.4 Å². The Morgan fingerprint density at radius 2 is 1.82 bits per heavy atom. The maximum Gasteiger partial charge on any atom is 0.258 e. The molecule has 5 nitrogen and oxygen atoms in total. The zero-order valence-electron chi connectivity index (χ0n) is 18.5. The largest absolute Gasteiger partial charge is 0.381 e. The lowest BCUT2D eigenvalue weighted by molar-refractivity contribution is 0.102. The highest BCUT2D eigenvalue weighted by atomic mass is 35.5. The summed E-state index contributed by atoms with van der Waals surface area (Å²) in [7, 11) is 0. The molecule has 1 saturated heterocycles. The van der Waals surface area contributed by atoms with Crippen LogP contribution in [0.4, 0.5) is 11.5 Å². The molecule has 33 heavy (non-hydrogen) atoms. The molecule has 2 unspecified atom stereocenters. The average molecular weight is 483 g/mol. The molecule has 172 valence electrons. The Morgan fingerprint density at radius 1 is 1.03 bits per heavy atom. The van der Waals surface area contributed by atoms with Crippen molar-refractivity contribution in [2.75, 3.05) is 23.7 Å². The van der Waals surface area contributed by atoms with Gasteiger partial charge in [0.1, 0.15) is 5.82 Å². The van der Waals surface area contributed by atoms with Crippen LogP contribution in [0.25, 0.3) is 0 Å². The summed E-state index contributed by atoms with van der Waals surface area (Å²) in [6.07, 6.45) is 3.67. The van der Waals surface area contributed by atoms with Crippen molar-refractivity contribution < 1.29 is 4.79 Å². The van der Waals surface area contributed by atoms with Crippen LogP contribution >= 0.6 is 23.2 Å². The zero-order chi connectivity index (χ0) is 23.2. The lowest BCUT2D eigenvalue weighted by Crippen LogP contribution is -2.41. The summed E-state index contributed by atoms with van der Waals surface area (Å²) in [5.41, 5.74) is 2.57. The van der Waals surface area contributed by atoms with Crippen LogP contribution in [0.1, 0.15) is 41.6 Å². The zero-order valence-corrected chi connectivity index (χ0v) is 20.0. The summed E-state index contributed by atoms with van der Waals surface area (Å²) < 4.78 is 0. The highest BCUT2D eigenvalue weighted by Gasteiger charge is 2.30. The summed E-state index contributed by atoms with van der Waals surface area (Å²) in [6, 6.07) is 19.2. The van der Waals surface area contributed by atoms with Crippen molar-refractivity contribution in [3.8, 4) is 0 Å². The SMILES string of the molecule is CC(c1cccc(Cl)c1)C(Nc1ccccc1C(=O)Nc1ccc(Cl)cn1)C1CCNCC1. The summed E-state index contributed by atoms with van der Waals surface area (Å²) in [5, 5.41) is 11.3. The predicted octanol–water partition coefficient (Wildman–Crippen LogP) is 6.22. The Labute approximate surface area is 204 Å². The van der Waals surface area contributed by atoms with E-state index in [1.165, 1.54) is 11.8 Å². The molecule has 1 aromatic heterocycles. The summed E-state index contributed by atoms with van der Waals surface area (Å²) in [5.74, 6) is 0.920. The fourth-order valence-electron chi connectivity index (χ4n) is 4.47. The fourth-order valence-corrected chi connectivity index (χ4v) is 4.78. The molecule has 0 spiro atoms. The number of rotatable bonds is 7. The molecule has 2 heterocycles. The Bertz CT molecular complexity index is 1080. The molecule has 7 heteroatoms. The van der Waals surface area contributed by atoms with Gasteiger partial charge in [0, 0.05) is 28.9 Å². The lowest BCUT2D eigenvalue weighted by Gasteiger charge is -2.36. The number of carbonyl (C=O) groups is 1. The second-order valence-electron chi connectivity index (χ2n) is 8.46. The van der Waals surface area contributed by atoms with E-state index >= 15 is 0 Å². The number of para-hydroxylation sites is 1. The Kier molecular flexibility index (Phi) is 7.86. The molecule has 1 aliphatic heterocycles. The van der Waals surface area contributed by atoms with Crippen molar-refractivity contribution in [3.63, 3.8) is 0 Å². The smallest absolute Gasteiger partial charge is 0.258 e. The summed E-state index contributed by atoms with van der Waals surface area (Å²) >= 11 is 12.2. The van der Waals surface area contributed by atoms with Crippen molar-refractivity contribution in [3.05, 3.63) is 88.0 Å². The van der Waals surface area contributed by atoms with Crippen LogP contribution in [0.2, 0.25) is 10.0 Å². The van der Waals surface area contributed by atoms with Crippen LogP contribution in [0.3, 0.4) is 0 Å². The van der Waals surface area contributed by atoms with E-state index in [1.54, 1.807) is 12.1 Å².